The summed E-state index contributed by atoms with van der Waals surface area (Å²) in [6.07, 6.45) is 0. The largest absolute Gasteiger partial charge is 0.504 e. The van der Waals surface area contributed by atoms with Crippen molar-refractivity contribution in [1.82, 2.24) is 0 Å². The number of phenols is 2. The van der Waals surface area contributed by atoms with E-state index in [1.807, 2.05) is 0 Å². The van der Waals surface area contributed by atoms with Crippen LogP contribution in [0.1, 0.15) is 0 Å². The lowest BCUT2D eigenvalue weighted by Crippen LogP contribution is -1.85. The summed E-state index contributed by atoms with van der Waals surface area (Å²) in [6.45, 7) is -4.23. The monoisotopic (exact) mass is 224 g/mol. The maximum Gasteiger partial charge on any atom is 0.474 e. The van der Waals surface area contributed by atoms with Crippen LogP contribution in [0.25, 0.3) is 0 Å². The second-order valence-corrected chi connectivity index (χ2v) is 4.53. The van der Waals surface area contributed by atoms with Gasteiger partial charge in [0.15, 0.2) is 11.5 Å². The van der Waals surface area contributed by atoms with Crippen molar-refractivity contribution in [2.24, 2.45) is 0 Å². The number of para-hydroxylation sites is 1. The Bertz CT molecular complexity index is 360. The third-order valence-electron chi connectivity index (χ3n) is 1.19. The molecule has 0 aliphatic carbocycles. The molecule has 0 radical (unpaired) electrons. The predicted molar refractivity (Wildman–Crippen MR) is 46.1 cm³/mol. The van der Waals surface area contributed by atoms with E-state index >= 15 is 0 Å². The molecule has 0 fully saturated rings. The maximum absolute atomic E-state index is 10.6. The van der Waals surface area contributed by atoms with Crippen LogP contribution in [0.2, 0.25) is 0 Å². The summed E-state index contributed by atoms with van der Waals surface area (Å²) in [5.74, 6) is -1.43. The van der Waals surface area contributed by atoms with Crippen LogP contribution in [0.15, 0.2) is 18.2 Å². The van der Waals surface area contributed by atoms with Crippen LogP contribution in [0.3, 0.4) is 0 Å². The highest BCUT2D eigenvalue weighted by atomic mass is 35.7. The van der Waals surface area contributed by atoms with Crippen LogP contribution in [-0.4, -0.2) is 15.1 Å². The van der Waals surface area contributed by atoms with Crippen molar-refractivity contribution in [2.45, 2.75) is 0 Å². The van der Waals surface area contributed by atoms with E-state index in [2.05, 4.69) is 4.52 Å². The topological polar surface area (TPSA) is 87.0 Å². The summed E-state index contributed by atoms with van der Waals surface area (Å²) >= 11 is 4.89. The van der Waals surface area contributed by atoms with Gasteiger partial charge in [0.1, 0.15) is 0 Å². The Labute approximate surface area is 78.5 Å². The number of hydrogen-bond acceptors (Lipinski definition) is 4. The lowest BCUT2D eigenvalue weighted by molar-refractivity contribution is 0.364. The van der Waals surface area contributed by atoms with Crippen molar-refractivity contribution in [3.8, 4) is 17.2 Å². The number of phenolic OH excluding ortho intramolecular Hbond substituents is 2. The first kappa shape index (κ1) is 10.2. The number of rotatable bonds is 2. The van der Waals surface area contributed by atoms with E-state index in [1.165, 1.54) is 18.2 Å². The first-order valence-corrected chi connectivity index (χ1v) is 5.61. The zero-order valence-corrected chi connectivity index (χ0v) is 7.87. The molecule has 0 aromatic heterocycles. The smallest absolute Gasteiger partial charge is 0.474 e. The Morgan fingerprint density at radius 2 is 2.00 bits per heavy atom. The molecule has 1 rings (SSSR count). The van der Waals surface area contributed by atoms with E-state index in [0.29, 0.717) is 0 Å². The molecule has 0 saturated heterocycles. The Morgan fingerprint density at radius 1 is 1.38 bits per heavy atom. The van der Waals surface area contributed by atoms with Crippen molar-refractivity contribution in [3.63, 3.8) is 0 Å². The van der Waals surface area contributed by atoms with E-state index in [4.69, 9.17) is 26.3 Å². The van der Waals surface area contributed by atoms with Crippen LogP contribution in [0, 0.1) is 0 Å². The molecule has 0 heterocycles. The molecule has 0 aliphatic heterocycles. The van der Waals surface area contributed by atoms with Crippen LogP contribution in [-0.2, 0) is 4.57 Å². The van der Waals surface area contributed by atoms with Crippen molar-refractivity contribution < 1.29 is 24.2 Å². The number of benzene rings is 1. The molecular weight excluding hydrogens is 218 g/mol. The quantitative estimate of drug-likeness (QED) is 0.527. The Morgan fingerprint density at radius 3 is 2.54 bits per heavy atom. The number of halogens is 1. The van der Waals surface area contributed by atoms with Crippen molar-refractivity contribution in [1.29, 1.82) is 0 Å². The minimum absolute atomic E-state index is 0.346. The van der Waals surface area contributed by atoms with Gasteiger partial charge in [0, 0.05) is 11.2 Å². The molecular formula is C6H6ClO5P. The van der Waals surface area contributed by atoms with E-state index in [1.54, 1.807) is 0 Å². The minimum Gasteiger partial charge on any atom is -0.504 e. The highest BCUT2D eigenvalue weighted by molar-refractivity contribution is 7.80. The van der Waals surface area contributed by atoms with Crippen LogP contribution >= 0.6 is 18.2 Å². The molecule has 5 nitrogen and oxygen atoms in total. The van der Waals surface area contributed by atoms with Gasteiger partial charge in [-0.2, -0.15) is 0 Å². The van der Waals surface area contributed by atoms with Crippen molar-refractivity contribution >= 4 is 18.2 Å². The molecule has 13 heavy (non-hydrogen) atoms. The van der Waals surface area contributed by atoms with Crippen LogP contribution in [0.5, 0.6) is 17.2 Å². The summed E-state index contributed by atoms with van der Waals surface area (Å²) in [6, 6.07) is 3.72. The van der Waals surface area contributed by atoms with Gasteiger partial charge in [-0.1, -0.05) is 6.07 Å². The maximum atomic E-state index is 10.6. The highest BCUT2D eigenvalue weighted by Crippen LogP contribution is 2.50. The van der Waals surface area contributed by atoms with Gasteiger partial charge in [0.05, 0.1) is 0 Å². The van der Waals surface area contributed by atoms with Crippen molar-refractivity contribution in [2.75, 3.05) is 0 Å². The van der Waals surface area contributed by atoms with Gasteiger partial charge < -0.3 is 19.6 Å². The van der Waals surface area contributed by atoms with Gasteiger partial charge in [-0.3, -0.25) is 0 Å². The molecule has 0 aliphatic rings. The fraction of sp³-hybridized carbons (Fsp3) is 0. The molecule has 0 bridgehead atoms. The van der Waals surface area contributed by atoms with Crippen LogP contribution in [0.4, 0.5) is 0 Å². The SMILES string of the molecule is O=P(O)(Cl)Oc1cccc(O)c1O. The second-order valence-electron chi connectivity index (χ2n) is 2.17. The third-order valence-corrected chi connectivity index (χ3v) is 1.82. The first-order valence-electron chi connectivity index (χ1n) is 3.13. The average Bonchev–Trinajstić information content (AvgIpc) is 1.96. The van der Waals surface area contributed by atoms with Crippen molar-refractivity contribution in [3.05, 3.63) is 18.2 Å². The Kier molecular flexibility index (Phi) is 2.71. The molecule has 72 valence electrons. The third kappa shape index (κ3) is 2.81. The average molecular weight is 225 g/mol. The summed E-state index contributed by atoms with van der Waals surface area (Å²) in [5, 5.41) is 18.0. The summed E-state index contributed by atoms with van der Waals surface area (Å²) in [4.78, 5) is 8.59. The molecule has 1 aromatic carbocycles. The Balaban J connectivity index is 3.03. The van der Waals surface area contributed by atoms with Gasteiger partial charge in [-0.05, 0) is 12.1 Å². The molecule has 0 spiro atoms. The normalized spacial score (nSPS) is 14.9. The molecule has 0 saturated carbocycles. The second kappa shape index (κ2) is 3.46. The number of aromatic hydroxyl groups is 2. The van der Waals surface area contributed by atoms with Gasteiger partial charge in [0.2, 0.25) is 5.75 Å². The molecule has 0 amide bonds. The highest BCUT2D eigenvalue weighted by Gasteiger charge is 2.19. The molecule has 1 aromatic rings. The zero-order chi connectivity index (χ0) is 10.1. The van der Waals surface area contributed by atoms with Gasteiger partial charge in [0.25, 0.3) is 0 Å². The zero-order valence-electron chi connectivity index (χ0n) is 6.22. The molecule has 1 unspecified atom stereocenters. The van der Waals surface area contributed by atoms with E-state index in [-0.39, 0.29) is 5.75 Å². The van der Waals surface area contributed by atoms with E-state index in [9.17, 15) is 4.57 Å². The Hall–Kier alpha value is -0.900. The fourth-order valence-corrected chi connectivity index (χ4v) is 1.32. The molecule has 7 heteroatoms. The summed E-state index contributed by atoms with van der Waals surface area (Å²) in [7, 11) is 0. The van der Waals surface area contributed by atoms with Gasteiger partial charge in [-0.15, -0.1) is 0 Å². The molecule has 1 atom stereocenters. The molecule has 3 N–H and O–H groups in total. The predicted octanol–water partition coefficient (Wildman–Crippen LogP) is 1.82. The lowest BCUT2D eigenvalue weighted by Gasteiger charge is -2.08. The summed E-state index contributed by atoms with van der Waals surface area (Å²) < 4.78 is 14.8. The standard InChI is InChI=1S/C6H6ClO5P/c7-13(10,11)12-5-3-1-2-4(8)6(5)9/h1-3,8-9H,(H,10,11). The van der Waals surface area contributed by atoms with Gasteiger partial charge >= 0.3 is 6.95 Å². The van der Waals surface area contributed by atoms with E-state index in [0.717, 1.165) is 0 Å². The fourth-order valence-electron chi connectivity index (χ4n) is 0.706. The first-order chi connectivity index (χ1) is 5.90. The lowest BCUT2D eigenvalue weighted by atomic mass is 10.3. The van der Waals surface area contributed by atoms with Gasteiger partial charge in [-0.25, -0.2) is 4.57 Å². The summed E-state index contributed by atoms with van der Waals surface area (Å²) in [5.41, 5.74) is 0. The van der Waals surface area contributed by atoms with Crippen LogP contribution < -0.4 is 4.52 Å². The minimum atomic E-state index is -4.23. The van der Waals surface area contributed by atoms with E-state index < -0.39 is 18.4 Å². The number of hydrogen-bond donors (Lipinski definition) is 3.